The fourth-order valence-corrected chi connectivity index (χ4v) is 2.23. The van der Waals surface area contributed by atoms with Crippen LogP contribution in [0.5, 0.6) is 0 Å². The maximum atomic E-state index is 11.8. The molecule has 0 aliphatic rings. The zero-order valence-electron chi connectivity index (χ0n) is 11.5. The number of carbonyl (C=O) groups is 2. The Balaban J connectivity index is 2.41. The first-order chi connectivity index (χ1) is 9.04. The molecule has 1 aromatic rings. The smallest absolute Gasteiger partial charge is 0.315 e. The molecular formula is C14H19NO3S. The van der Waals surface area contributed by atoms with Crippen molar-refractivity contribution in [1.82, 2.24) is 0 Å². The van der Waals surface area contributed by atoms with E-state index in [1.807, 2.05) is 32.0 Å². The summed E-state index contributed by atoms with van der Waals surface area (Å²) in [5, 5.41) is 2.87. The highest BCUT2D eigenvalue weighted by molar-refractivity contribution is 8.00. The predicted molar refractivity (Wildman–Crippen MR) is 78.5 cm³/mol. The number of carbonyl (C=O) groups excluding carboxylic acids is 2. The van der Waals surface area contributed by atoms with Gasteiger partial charge in [0.1, 0.15) is 0 Å². The van der Waals surface area contributed by atoms with Gasteiger partial charge in [-0.1, -0.05) is 18.2 Å². The molecular weight excluding hydrogens is 262 g/mol. The van der Waals surface area contributed by atoms with Crippen LogP contribution >= 0.6 is 11.8 Å². The van der Waals surface area contributed by atoms with E-state index in [2.05, 4.69) is 5.32 Å². The van der Waals surface area contributed by atoms with Gasteiger partial charge in [0.15, 0.2) is 0 Å². The van der Waals surface area contributed by atoms with Crippen molar-refractivity contribution in [2.75, 3.05) is 23.4 Å². The number of thioether (sulfide) groups is 1. The van der Waals surface area contributed by atoms with Gasteiger partial charge in [-0.15, -0.1) is 11.8 Å². The van der Waals surface area contributed by atoms with Gasteiger partial charge in [-0.3, -0.25) is 9.59 Å². The van der Waals surface area contributed by atoms with Crippen molar-refractivity contribution in [2.45, 2.75) is 20.8 Å². The number of amides is 1. The topological polar surface area (TPSA) is 55.4 Å². The van der Waals surface area contributed by atoms with Crippen molar-refractivity contribution >= 4 is 29.3 Å². The minimum absolute atomic E-state index is 0.105. The fourth-order valence-electron chi connectivity index (χ4n) is 1.62. The second-order valence-corrected chi connectivity index (χ2v) is 5.10. The monoisotopic (exact) mass is 281 g/mol. The van der Waals surface area contributed by atoms with Gasteiger partial charge in [0.25, 0.3) is 0 Å². The van der Waals surface area contributed by atoms with E-state index >= 15 is 0 Å². The van der Waals surface area contributed by atoms with E-state index in [0.717, 1.165) is 16.8 Å². The van der Waals surface area contributed by atoms with Crippen LogP contribution in [-0.2, 0) is 14.3 Å². The molecule has 0 saturated heterocycles. The molecule has 0 radical (unpaired) electrons. The summed E-state index contributed by atoms with van der Waals surface area (Å²) in [5.74, 6) is 0.0553. The summed E-state index contributed by atoms with van der Waals surface area (Å²) in [4.78, 5) is 22.9. The van der Waals surface area contributed by atoms with Crippen molar-refractivity contribution < 1.29 is 14.3 Å². The molecule has 0 unspecified atom stereocenters. The van der Waals surface area contributed by atoms with Crippen LogP contribution in [0.25, 0.3) is 0 Å². The highest BCUT2D eigenvalue weighted by Crippen LogP contribution is 2.19. The van der Waals surface area contributed by atoms with E-state index in [0.29, 0.717) is 6.61 Å². The Labute approximate surface area is 117 Å². The molecule has 0 aromatic heterocycles. The second-order valence-electron chi connectivity index (χ2n) is 4.11. The summed E-state index contributed by atoms with van der Waals surface area (Å²) in [5.41, 5.74) is 2.91. The second kappa shape index (κ2) is 7.84. The van der Waals surface area contributed by atoms with Crippen LogP contribution in [-0.4, -0.2) is 30.0 Å². The average molecular weight is 281 g/mol. The van der Waals surface area contributed by atoms with Gasteiger partial charge in [-0.2, -0.15) is 0 Å². The molecule has 104 valence electrons. The van der Waals surface area contributed by atoms with E-state index in [4.69, 9.17) is 4.74 Å². The fraction of sp³-hybridized carbons (Fsp3) is 0.429. The van der Waals surface area contributed by atoms with E-state index < -0.39 is 0 Å². The minimum Gasteiger partial charge on any atom is -0.465 e. The number of aryl methyl sites for hydroxylation is 2. The number of anilines is 1. The maximum absolute atomic E-state index is 11.8. The van der Waals surface area contributed by atoms with Crippen LogP contribution in [0, 0.1) is 13.8 Å². The Bertz CT molecular complexity index is 440. The van der Waals surface area contributed by atoms with Crippen LogP contribution in [0.3, 0.4) is 0 Å². The maximum Gasteiger partial charge on any atom is 0.315 e. The first-order valence-electron chi connectivity index (χ1n) is 6.14. The lowest BCUT2D eigenvalue weighted by Crippen LogP contribution is -2.17. The Morgan fingerprint density at radius 3 is 2.42 bits per heavy atom. The summed E-state index contributed by atoms with van der Waals surface area (Å²) < 4.78 is 4.79. The molecule has 1 amide bonds. The van der Waals surface area contributed by atoms with Gasteiger partial charge in [-0.25, -0.2) is 0 Å². The molecule has 1 rings (SSSR count). The van der Waals surface area contributed by atoms with Gasteiger partial charge in [0.2, 0.25) is 5.91 Å². The van der Waals surface area contributed by atoms with Crippen LogP contribution < -0.4 is 5.32 Å². The predicted octanol–water partition coefficient (Wildman–Crippen LogP) is 2.54. The lowest BCUT2D eigenvalue weighted by Gasteiger charge is -2.11. The molecule has 0 aliphatic heterocycles. The summed E-state index contributed by atoms with van der Waals surface area (Å²) in [7, 11) is 0. The van der Waals surface area contributed by atoms with Crippen LogP contribution in [0.4, 0.5) is 5.69 Å². The number of rotatable bonds is 6. The zero-order chi connectivity index (χ0) is 14.3. The quantitative estimate of drug-likeness (QED) is 0.814. The molecule has 0 atom stereocenters. The minimum atomic E-state index is -0.285. The summed E-state index contributed by atoms with van der Waals surface area (Å²) in [6.45, 7) is 6.03. The molecule has 19 heavy (non-hydrogen) atoms. The lowest BCUT2D eigenvalue weighted by atomic mass is 10.1. The molecule has 0 bridgehead atoms. The number of ether oxygens (including phenoxy) is 1. The van der Waals surface area contributed by atoms with E-state index in [-0.39, 0.29) is 23.4 Å². The number of hydrogen-bond donors (Lipinski definition) is 1. The van der Waals surface area contributed by atoms with Gasteiger partial charge in [0.05, 0.1) is 18.1 Å². The van der Waals surface area contributed by atoms with Gasteiger partial charge >= 0.3 is 5.97 Å². The number of hydrogen-bond acceptors (Lipinski definition) is 4. The summed E-state index contributed by atoms with van der Waals surface area (Å²) >= 11 is 1.25. The van der Waals surface area contributed by atoms with Crippen molar-refractivity contribution in [2.24, 2.45) is 0 Å². The highest BCUT2D eigenvalue weighted by Gasteiger charge is 2.09. The number of para-hydroxylation sites is 1. The molecule has 1 aromatic carbocycles. The number of esters is 1. The number of nitrogens with one attached hydrogen (secondary N) is 1. The lowest BCUT2D eigenvalue weighted by molar-refractivity contribution is -0.139. The Hall–Kier alpha value is -1.49. The molecule has 0 spiro atoms. The third-order valence-corrected chi connectivity index (χ3v) is 3.41. The summed E-state index contributed by atoms with van der Waals surface area (Å²) in [6.07, 6.45) is 0. The third-order valence-electron chi connectivity index (χ3n) is 2.50. The Kier molecular flexibility index (Phi) is 6.42. The van der Waals surface area contributed by atoms with Crippen LogP contribution in [0.2, 0.25) is 0 Å². The molecule has 4 nitrogen and oxygen atoms in total. The molecule has 0 fully saturated rings. The first-order valence-corrected chi connectivity index (χ1v) is 7.29. The van der Waals surface area contributed by atoms with E-state index in [1.54, 1.807) is 6.92 Å². The van der Waals surface area contributed by atoms with Crippen molar-refractivity contribution in [1.29, 1.82) is 0 Å². The first kappa shape index (κ1) is 15.6. The Morgan fingerprint density at radius 2 is 1.84 bits per heavy atom. The molecule has 0 aliphatic carbocycles. The molecule has 0 saturated carbocycles. The van der Waals surface area contributed by atoms with Crippen LogP contribution in [0.1, 0.15) is 18.1 Å². The van der Waals surface area contributed by atoms with Crippen molar-refractivity contribution in [3.63, 3.8) is 0 Å². The molecule has 1 N–H and O–H groups in total. The average Bonchev–Trinajstić information content (AvgIpc) is 2.34. The van der Waals surface area contributed by atoms with Gasteiger partial charge < -0.3 is 10.1 Å². The zero-order valence-corrected chi connectivity index (χ0v) is 12.3. The highest BCUT2D eigenvalue weighted by atomic mass is 32.2. The largest absolute Gasteiger partial charge is 0.465 e. The third kappa shape index (κ3) is 5.34. The van der Waals surface area contributed by atoms with Crippen LogP contribution in [0.15, 0.2) is 18.2 Å². The SMILES string of the molecule is CCOC(=O)CSCC(=O)Nc1c(C)cccc1C. The molecule has 0 heterocycles. The van der Waals surface area contributed by atoms with Gasteiger partial charge in [0, 0.05) is 5.69 Å². The number of benzene rings is 1. The molecule has 5 heteroatoms. The Morgan fingerprint density at radius 1 is 1.21 bits per heavy atom. The van der Waals surface area contributed by atoms with E-state index in [1.165, 1.54) is 11.8 Å². The van der Waals surface area contributed by atoms with Crippen molar-refractivity contribution in [3.05, 3.63) is 29.3 Å². The van der Waals surface area contributed by atoms with E-state index in [9.17, 15) is 9.59 Å². The van der Waals surface area contributed by atoms with Gasteiger partial charge in [-0.05, 0) is 31.9 Å². The summed E-state index contributed by atoms with van der Waals surface area (Å²) in [6, 6.07) is 5.86. The normalized spacial score (nSPS) is 10.1. The van der Waals surface area contributed by atoms with Crippen molar-refractivity contribution in [3.8, 4) is 0 Å². The standard InChI is InChI=1S/C14H19NO3S/c1-4-18-13(17)9-19-8-12(16)15-14-10(2)6-5-7-11(14)3/h5-7H,4,8-9H2,1-3H3,(H,15,16).